The molecule has 0 N–H and O–H groups in total. The summed E-state index contributed by atoms with van der Waals surface area (Å²) < 4.78 is 4.92. The maximum Gasteiger partial charge on any atom is 0.244 e. The lowest BCUT2D eigenvalue weighted by Crippen LogP contribution is -3.00. The minimum absolute atomic E-state index is 0. The van der Waals surface area contributed by atoms with E-state index < -0.39 is 0 Å². The highest BCUT2D eigenvalue weighted by molar-refractivity contribution is 5.82. The van der Waals surface area contributed by atoms with Crippen LogP contribution in [0.3, 0.4) is 0 Å². The zero-order valence-corrected chi connectivity index (χ0v) is 29.7. The van der Waals surface area contributed by atoms with Crippen LogP contribution in [0.15, 0.2) is 72.8 Å². The Labute approximate surface area is 278 Å². The van der Waals surface area contributed by atoms with Crippen molar-refractivity contribution in [3.63, 3.8) is 0 Å². The largest absolute Gasteiger partial charge is 1.00 e. The number of halogens is 1. The lowest BCUT2D eigenvalue weighted by atomic mass is 9.47. The molecule has 0 radical (unpaired) electrons. The molecule has 3 heteroatoms. The Balaban J connectivity index is 0.00000343. The minimum atomic E-state index is 0. The van der Waals surface area contributed by atoms with E-state index >= 15 is 0 Å². The molecule has 0 aliphatic heterocycles. The second-order valence-electron chi connectivity index (χ2n) is 16.4. The molecule has 238 valence electrons. The normalized spacial score (nSPS) is 33.7. The van der Waals surface area contributed by atoms with Gasteiger partial charge in [-0.2, -0.15) is 0 Å². The van der Waals surface area contributed by atoms with E-state index in [-0.39, 0.29) is 17.0 Å². The molecule has 3 fully saturated rings. The first-order valence-electron chi connectivity index (χ1n) is 18.0. The molecule has 4 aliphatic carbocycles. The molecule has 4 aliphatic rings. The predicted octanol–water partition coefficient (Wildman–Crippen LogP) is 7.56. The highest BCUT2D eigenvalue weighted by Gasteiger charge is 2.59. The Morgan fingerprint density at radius 2 is 1.73 bits per heavy atom. The van der Waals surface area contributed by atoms with Gasteiger partial charge in [0.25, 0.3) is 0 Å². The Kier molecular flexibility index (Phi) is 9.28. The first kappa shape index (κ1) is 32.1. The number of allylic oxidation sites excluding steroid dienone is 2. The number of hydrogen-bond donors (Lipinski definition) is 0. The highest BCUT2D eigenvalue weighted by Crippen LogP contribution is 2.67. The standard InChI is InChI=1S/C41H57N2.BrH/c1-29(2)9-8-10-30(3)37-17-18-38-36-16-15-34-26-35(19-21-40(34,4)39(36)20-22-41(37,38)5)43-24-23-42(28-43)27-31-13-14-32-11-6-7-12-33(32)25-31;/h6-7,11-15,23-25,28-30,35-39H,8-10,16-22,26-27H2,1-5H3;1H/q+1;/p-1/t30-,35+,36+,37-,38+,39+,40+,41-;/m1./s1. The Bertz CT molecular complexity index is 1470. The van der Waals surface area contributed by atoms with Gasteiger partial charge in [0.2, 0.25) is 6.33 Å². The maximum absolute atomic E-state index is 2.77. The Morgan fingerprint density at radius 1 is 0.909 bits per heavy atom. The Hall–Kier alpha value is -1.87. The van der Waals surface area contributed by atoms with Crippen LogP contribution >= 0.6 is 0 Å². The van der Waals surface area contributed by atoms with Gasteiger partial charge in [0.05, 0.1) is 0 Å². The molecule has 0 amide bonds. The van der Waals surface area contributed by atoms with E-state index in [1.807, 2.05) is 0 Å². The van der Waals surface area contributed by atoms with Crippen molar-refractivity contribution < 1.29 is 21.5 Å². The van der Waals surface area contributed by atoms with Gasteiger partial charge in [-0.3, -0.25) is 0 Å². The predicted molar refractivity (Wildman–Crippen MR) is 180 cm³/mol. The SMILES string of the molecule is CC(C)CCC[C@@H](C)[C@H]1CC[C@H]2[C@@H]3CC=C4C[C@@H](n5cc[n+](Cc6ccc7ccccc7c6)c5)CC[C@]4(C)[C@H]3CC[C@]12C.[Br-]. The fourth-order valence-electron chi connectivity index (χ4n) is 11.2. The van der Waals surface area contributed by atoms with Crippen LogP contribution in [0.5, 0.6) is 0 Å². The number of hydrogen-bond acceptors (Lipinski definition) is 0. The lowest BCUT2D eigenvalue weighted by molar-refractivity contribution is -0.688. The third kappa shape index (κ3) is 5.78. The molecular weight excluding hydrogens is 600 g/mol. The molecule has 3 saturated carbocycles. The smallest absolute Gasteiger partial charge is 0.244 e. The van der Waals surface area contributed by atoms with Crippen molar-refractivity contribution in [3.8, 4) is 0 Å². The van der Waals surface area contributed by atoms with E-state index in [2.05, 4.69) is 111 Å². The van der Waals surface area contributed by atoms with E-state index in [9.17, 15) is 0 Å². The molecule has 8 atom stereocenters. The van der Waals surface area contributed by atoms with Gasteiger partial charge >= 0.3 is 0 Å². The molecule has 0 spiro atoms. The molecule has 0 unspecified atom stereocenters. The van der Waals surface area contributed by atoms with Crippen LogP contribution in [0.4, 0.5) is 0 Å². The monoisotopic (exact) mass is 656 g/mol. The molecule has 2 nitrogen and oxygen atoms in total. The number of nitrogens with zero attached hydrogens (tertiary/aromatic N) is 2. The summed E-state index contributed by atoms with van der Waals surface area (Å²) in [5, 5.41) is 2.66. The summed E-state index contributed by atoms with van der Waals surface area (Å²) in [5.74, 6) is 5.49. The van der Waals surface area contributed by atoms with Crippen molar-refractivity contribution >= 4 is 10.8 Å². The summed E-state index contributed by atoms with van der Waals surface area (Å²) in [5.41, 5.74) is 4.19. The molecule has 0 bridgehead atoms. The molecule has 7 rings (SSSR count). The van der Waals surface area contributed by atoms with Gasteiger partial charge in [-0.05, 0) is 114 Å². The van der Waals surface area contributed by atoms with Crippen LogP contribution in [0, 0.1) is 46.3 Å². The summed E-state index contributed by atoms with van der Waals surface area (Å²) in [6.45, 7) is 13.7. The van der Waals surface area contributed by atoms with Crippen LogP contribution in [-0.2, 0) is 6.54 Å². The number of aromatic nitrogens is 2. The fourth-order valence-corrected chi connectivity index (χ4v) is 11.2. The van der Waals surface area contributed by atoms with Gasteiger partial charge < -0.3 is 17.0 Å². The maximum atomic E-state index is 2.77. The molecule has 1 heterocycles. The first-order valence-corrected chi connectivity index (χ1v) is 18.0. The molecule has 3 aromatic rings. The zero-order valence-electron chi connectivity index (χ0n) is 28.1. The molecule has 44 heavy (non-hydrogen) atoms. The van der Waals surface area contributed by atoms with E-state index in [0.717, 1.165) is 42.1 Å². The van der Waals surface area contributed by atoms with Gasteiger partial charge in [-0.25, -0.2) is 9.13 Å². The van der Waals surface area contributed by atoms with Crippen molar-refractivity contribution in [2.24, 2.45) is 46.3 Å². The number of imidazole rings is 1. The van der Waals surface area contributed by atoms with Crippen molar-refractivity contribution in [1.29, 1.82) is 0 Å². The van der Waals surface area contributed by atoms with Crippen LogP contribution in [0.25, 0.3) is 10.8 Å². The molecule has 2 aromatic carbocycles. The summed E-state index contributed by atoms with van der Waals surface area (Å²) in [7, 11) is 0. The van der Waals surface area contributed by atoms with Crippen molar-refractivity contribution in [3.05, 3.63) is 78.4 Å². The molecule has 0 saturated heterocycles. The van der Waals surface area contributed by atoms with Crippen LogP contribution < -0.4 is 21.5 Å². The van der Waals surface area contributed by atoms with E-state index in [4.69, 9.17) is 0 Å². The second-order valence-corrected chi connectivity index (χ2v) is 16.4. The third-order valence-electron chi connectivity index (χ3n) is 13.6. The van der Waals surface area contributed by atoms with E-state index in [1.54, 1.807) is 5.57 Å². The van der Waals surface area contributed by atoms with E-state index in [0.29, 0.717) is 16.9 Å². The molecule has 1 aromatic heterocycles. The Morgan fingerprint density at radius 3 is 2.55 bits per heavy atom. The lowest BCUT2D eigenvalue weighted by Gasteiger charge is -2.58. The summed E-state index contributed by atoms with van der Waals surface area (Å²) >= 11 is 0. The number of fused-ring (bicyclic) bond motifs is 6. The average Bonchev–Trinajstić information content (AvgIpc) is 3.60. The van der Waals surface area contributed by atoms with Crippen molar-refractivity contribution in [2.75, 3.05) is 0 Å². The quantitative estimate of drug-likeness (QED) is 0.175. The van der Waals surface area contributed by atoms with E-state index in [1.165, 1.54) is 87.0 Å². The minimum Gasteiger partial charge on any atom is -1.00 e. The average molecular weight is 658 g/mol. The van der Waals surface area contributed by atoms with Gasteiger partial charge in [0.15, 0.2) is 0 Å². The summed E-state index contributed by atoms with van der Waals surface area (Å²) in [6, 6.07) is 16.2. The van der Waals surface area contributed by atoms with Gasteiger partial charge in [0.1, 0.15) is 25.0 Å². The van der Waals surface area contributed by atoms with Crippen LogP contribution in [-0.4, -0.2) is 4.57 Å². The number of rotatable bonds is 8. The summed E-state index contributed by atoms with van der Waals surface area (Å²) in [6.07, 6.45) is 25.3. The second kappa shape index (κ2) is 12.7. The fraction of sp³-hybridized carbons (Fsp3) is 0.634. The highest BCUT2D eigenvalue weighted by atomic mass is 79.9. The third-order valence-corrected chi connectivity index (χ3v) is 13.6. The first-order chi connectivity index (χ1) is 20.7. The number of benzene rings is 2. The van der Waals surface area contributed by atoms with Gasteiger partial charge in [0, 0.05) is 6.42 Å². The van der Waals surface area contributed by atoms with Crippen LogP contribution in [0.2, 0.25) is 0 Å². The zero-order chi connectivity index (χ0) is 29.8. The van der Waals surface area contributed by atoms with Crippen LogP contribution in [0.1, 0.15) is 117 Å². The van der Waals surface area contributed by atoms with Gasteiger partial charge in [-0.1, -0.05) is 102 Å². The topological polar surface area (TPSA) is 8.81 Å². The summed E-state index contributed by atoms with van der Waals surface area (Å²) in [4.78, 5) is 0. The molecular formula is C41H57BrN2. The van der Waals surface area contributed by atoms with Gasteiger partial charge in [-0.15, -0.1) is 0 Å². The van der Waals surface area contributed by atoms with Crippen molar-refractivity contribution in [1.82, 2.24) is 4.57 Å². The van der Waals surface area contributed by atoms with Crippen molar-refractivity contribution in [2.45, 2.75) is 118 Å².